The Morgan fingerprint density at radius 2 is 1.89 bits per heavy atom. The van der Waals surface area contributed by atoms with Gasteiger partial charge in [0.2, 0.25) is 6.79 Å². The second kappa shape index (κ2) is 8.27. The molecule has 0 bridgehead atoms. The van der Waals surface area contributed by atoms with Crippen molar-refractivity contribution in [3.8, 4) is 17.6 Å². The maximum absolute atomic E-state index is 12.3. The molecule has 0 saturated carbocycles. The molecule has 1 amide bonds. The van der Waals surface area contributed by atoms with Crippen LogP contribution >= 0.6 is 0 Å². The molecule has 0 saturated heterocycles. The van der Waals surface area contributed by atoms with E-state index in [1.807, 2.05) is 25.1 Å². The molecule has 7 nitrogen and oxygen atoms in total. The third-order valence-electron chi connectivity index (χ3n) is 4.02. The van der Waals surface area contributed by atoms with Gasteiger partial charge in [0, 0.05) is 11.8 Å². The topological polar surface area (TPSA) is 97.7 Å². The van der Waals surface area contributed by atoms with Gasteiger partial charge in [0.1, 0.15) is 11.6 Å². The first-order valence-electron chi connectivity index (χ1n) is 8.56. The van der Waals surface area contributed by atoms with E-state index in [1.54, 1.807) is 30.3 Å². The lowest BCUT2D eigenvalue weighted by atomic mass is 10.1. The number of anilines is 1. The highest BCUT2D eigenvalue weighted by atomic mass is 16.7. The molecule has 142 valence electrons. The molecule has 0 spiro atoms. The van der Waals surface area contributed by atoms with Crippen LogP contribution in [0, 0.1) is 18.3 Å². The zero-order valence-corrected chi connectivity index (χ0v) is 15.4. The number of nitrogens with zero attached hydrogens (tertiary/aromatic N) is 1. The van der Waals surface area contributed by atoms with Crippen LogP contribution in [0.2, 0.25) is 0 Å². The van der Waals surface area contributed by atoms with Crippen LogP contribution in [0.4, 0.5) is 5.69 Å². The van der Waals surface area contributed by atoms with Crippen molar-refractivity contribution in [3.05, 3.63) is 59.2 Å². The Kier molecular flexibility index (Phi) is 5.61. The van der Waals surface area contributed by atoms with Crippen molar-refractivity contribution in [2.75, 3.05) is 12.1 Å². The Bertz CT molecular complexity index is 973. The van der Waals surface area contributed by atoms with Crippen molar-refractivity contribution >= 4 is 23.6 Å². The van der Waals surface area contributed by atoms with E-state index in [9.17, 15) is 14.9 Å². The van der Waals surface area contributed by atoms with E-state index < -0.39 is 18.0 Å². The van der Waals surface area contributed by atoms with Crippen molar-refractivity contribution in [1.29, 1.82) is 5.26 Å². The van der Waals surface area contributed by atoms with Crippen molar-refractivity contribution in [2.24, 2.45) is 0 Å². The molecule has 2 aromatic carbocycles. The number of fused-ring (bicyclic) bond motifs is 1. The molecule has 0 radical (unpaired) electrons. The van der Waals surface area contributed by atoms with Crippen LogP contribution < -0.4 is 14.8 Å². The van der Waals surface area contributed by atoms with E-state index in [0.717, 1.165) is 5.56 Å². The summed E-state index contributed by atoms with van der Waals surface area (Å²) in [6, 6.07) is 14.1. The van der Waals surface area contributed by atoms with E-state index in [1.165, 1.54) is 13.0 Å². The fourth-order valence-corrected chi connectivity index (χ4v) is 2.46. The number of nitrogens with one attached hydrogen (secondary N) is 1. The van der Waals surface area contributed by atoms with E-state index in [4.69, 9.17) is 14.2 Å². The summed E-state index contributed by atoms with van der Waals surface area (Å²) in [6.07, 6.45) is 0.331. The van der Waals surface area contributed by atoms with Crippen LogP contribution in [0.5, 0.6) is 11.5 Å². The predicted molar refractivity (Wildman–Crippen MR) is 102 cm³/mol. The summed E-state index contributed by atoms with van der Waals surface area (Å²) in [7, 11) is 0. The number of ether oxygens (including phenoxy) is 3. The molecule has 28 heavy (non-hydrogen) atoms. The van der Waals surface area contributed by atoms with Gasteiger partial charge in [-0.2, -0.15) is 5.26 Å². The summed E-state index contributed by atoms with van der Waals surface area (Å²) in [5, 5.41) is 11.9. The van der Waals surface area contributed by atoms with Crippen LogP contribution in [0.15, 0.2) is 48.0 Å². The number of hydrogen-bond acceptors (Lipinski definition) is 6. The number of hydrogen-bond donors (Lipinski definition) is 1. The maximum Gasteiger partial charge on any atom is 0.349 e. The summed E-state index contributed by atoms with van der Waals surface area (Å²) in [4.78, 5) is 24.5. The Morgan fingerprint density at radius 1 is 1.18 bits per heavy atom. The minimum absolute atomic E-state index is 0.130. The largest absolute Gasteiger partial charge is 0.454 e. The summed E-state index contributed by atoms with van der Waals surface area (Å²) < 4.78 is 15.6. The first kappa shape index (κ1) is 19.0. The Labute approximate surface area is 162 Å². The number of rotatable bonds is 5. The number of esters is 1. The van der Waals surface area contributed by atoms with E-state index >= 15 is 0 Å². The third-order valence-corrected chi connectivity index (χ3v) is 4.02. The lowest BCUT2D eigenvalue weighted by Gasteiger charge is -2.13. The van der Waals surface area contributed by atoms with Gasteiger partial charge in [0.25, 0.3) is 5.91 Å². The molecule has 1 aliphatic rings. The van der Waals surface area contributed by atoms with Gasteiger partial charge in [-0.1, -0.05) is 29.8 Å². The molecule has 2 aromatic rings. The number of benzene rings is 2. The Balaban J connectivity index is 1.63. The van der Waals surface area contributed by atoms with Gasteiger partial charge in [0.15, 0.2) is 17.6 Å². The second-order valence-electron chi connectivity index (χ2n) is 6.19. The standard InChI is InChI=1S/C21H18N2O5/c1-13-3-5-15(6-4-13)9-16(11-22)21(25)28-14(2)20(24)23-17-7-8-18-19(10-17)27-12-26-18/h3-10,14H,12H2,1-2H3,(H,23,24)/b16-9+/t14-/m1/s1. The van der Waals surface area contributed by atoms with Crippen molar-refractivity contribution in [3.63, 3.8) is 0 Å². The number of carbonyl (C=O) groups is 2. The van der Waals surface area contributed by atoms with Gasteiger partial charge in [-0.25, -0.2) is 4.79 Å². The molecule has 1 atom stereocenters. The highest BCUT2D eigenvalue weighted by Gasteiger charge is 2.21. The van der Waals surface area contributed by atoms with Gasteiger partial charge >= 0.3 is 5.97 Å². The smallest absolute Gasteiger partial charge is 0.349 e. The summed E-state index contributed by atoms with van der Waals surface area (Å²) in [5.41, 5.74) is 2.04. The molecule has 0 aromatic heterocycles. The van der Waals surface area contributed by atoms with Gasteiger partial charge in [0.05, 0.1) is 0 Å². The van der Waals surface area contributed by atoms with Crippen LogP contribution in [0.25, 0.3) is 6.08 Å². The predicted octanol–water partition coefficient (Wildman–Crippen LogP) is 3.20. The quantitative estimate of drug-likeness (QED) is 0.487. The summed E-state index contributed by atoms with van der Waals surface area (Å²) >= 11 is 0. The summed E-state index contributed by atoms with van der Waals surface area (Å²) in [5.74, 6) is -0.274. The molecule has 0 unspecified atom stereocenters. The third kappa shape index (κ3) is 4.48. The van der Waals surface area contributed by atoms with Gasteiger partial charge in [-0.3, -0.25) is 4.79 Å². The van der Waals surface area contributed by atoms with Gasteiger partial charge < -0.3 is 19.5 Å². The average molecular weight is 378 g/mol. The SMILES string of the molecule is Cc1ccc(/C=C(\C#N)C(=O)O[C@H](C)C(=O)Nc2ccc3c(c2)OCO3)cc1. The number of amides is 1. The highest BCUT2D eigenvalue weighted by molar-refractivity contribution is 6.01. The van der Waals surface area contributed by atoms with E-state index in [2.05, 4.69) is 5.32 Å². The van der Waals surface area contributed by atoms with Gasteiger partial charge in [-0.15, -0.1) is 0 Å². The van der Waals surface area contributed by atoms with Crippen molar-refractivity contribution in [2.45, 2.75) is 20.0 Å². The molecule has 0 aliphatic carbocycles. The van der Waals surface area contributed by atoms with Crippen LogP contribution in [0.3, 0.4) is 0 Å². The zero-order chi connectivity index (χ0) is 20.1. The number of nitriles is 1. The van der Waals surface area contributed by atoms with Gasteiger partial charge in [-0.05, 0) is 37.6 Å². The lowest BCUT2D eigenvalue weighted by Crippen LogP contribution is -2.30. The number of carbonyl (C=O) groups excluding carboxylic acids is 2. The van der Waals surface area contributed by atoms with Crippen molar-refractivity contribution in [1.82, 2.24) is 0 Å². The Morgan fingerprint density at radius 3 is 2.61 bits per heavy atom. The first-order valence-corrected chi connectivity index (χ1v) is 8.56. The highest BCUT2D eigenvalue weighted by Crippen LogP contribution is 2.34. The van der Waals surface area contributed by atoms with Crippen molar-refractivity contribution < 1.29 is 23.8 Å². The second-order valence-corrected chi connectivity index (χ2v) is 6.19. The zero-order valence-electron chi connectivity index (χ0n) is 15.4. The molecular formula is C21H18N2O5. The normalized spacial score (nSPS) is 13.4. The molecule has 7 heteroatoms. The molecule has 1 N–H and O–H groups in total. The minimum Gasteiger partial charge on any atom is -0.454 e. The Hall–Kier alpha value is -3.79. The fraction of sp³-hybridized carbons (Fsp3) is 0.190. The van der Waals surface area contributed by atoms with E-state index in [-0.39, 0.29) is 12.4 Å². The molecule has 1 heterocycles. The fourth-order valence-electron chi connectivity index (χ4n) is 2.46. The minimum atomic E-state index is -1.09. The maximum atomic E-state index is 12.3. The van der Waals surface area contributed by atoms with Crippen LogP contribution in [-0.2, 0) is 14.3 Å². The lowest BCUT2D eigenvalue weighted by molar-refractivity contribution is -0.148. The molecule has 1 aliphatic heterocycles. The van der Waals surface area contributed by atoms with E-state index in [0.29, 0.717) is 22.7 Å². The monoisotopic (exact) mass is 378 g/mol. The number of aryl methyl sites for hydroxylation is 1. The first-order chi connectivity index (χ1) is 13.5. The van der Waals surface area contributed by atoms with Crippen LogP contribution in [-0.4, -0.2) is 24.8 Å². The molecule has 3 rings (SSSR count). The van der Waals surface area contributed by atoms with Crippen LogP contribution in [0.1, 0.15) is 18.1 Å². The molecular weight excluding hydrogens is 360 g/mol. The molecule has 0 fully saturated rings. The average Bonchev–Trinajstić information content (AvgIpc) is 3.15. The summed E-state index contributed by atoms with van der Waals surface area (Å²) in [6.45, 7) is 3.50.